The summed E-state index contributed by atoms with van der Waals surface area (Å²) in [6, 6.07) is 11.7. The van der Waals surface area contributed by atoms with E-state index in [4.69, 9.17) is 4.74 Å². The average Bonchev–Trinajstić information content (AvgIpc) is 2.70. The van der Waals surface area contributed by atoms with E-state index < -0.39 is 6.10 Å². The van der Waals surface area contributed by atoms with Gasteiger partial charge in [0.05, 0.1) is 5.69 Å². The molecule has 1 atom stereocenters. The van der Waals surface area contributed by atoms with Crippen LogP contribution in [-0.4, -0.2) is 36.7 Å². The first-order valence-corrected chi connectivity index (χ1v) is 9.53. The van der Waals surface area contributed by atoms with E-state index >= 15 is 0 Å². The Kier molecular flexibility index (Phi) is 6.15. The average molecular weight is 409 g/mol. The zero-order chi connectivity index (χ0) is 21.8. The van der Waals surface area contributed by atoms with Gasteiger partial charge in [0.2, 0.25) is 11.8 Å². The lowest BCUT2D eigenvalue weighted by Gasteiger charge is -2.30. The molecule has 156 valence electrons. The molecule has 3 rings (SSSR count). The van der Waals surface area contributed by atoms with Crippen molar-refractivity contribution >= 4 is 40.6 Å². The third-order valence-corrected chi connectivity index (χ3v) is 4.67. The van der Waals surface area contributed by atoms with E-state index in [0.717, 1.165) is 0 Å². The van der Waals surface area contributed by atoms with Crippen LogP contribution in [0.25, 0.3) is 0 Å². The van der Waals surface area contributed by atoms with Crippen LogP contribution in [0.15, 0.2) is 42.5 Å². The largest absolute Gasteiger partial charge is 0.479 e. The normalized spacial score (nSPS) is 15.1. The molecule has 0 fully saturated rings. The summed E-state index contributed by atoms with van der Waals surface area (Å²) in [5.41, 5.74) is 2.04. The molecule has 0 aromatic heterocycles. The fourth-order valence-corrected chi connectivity index (χ4v) is 3.16. The molecule has 1 aliphatic heterocycles. The number of ether oxygens (including phenoxy) is 1. The van der Waals surface area contributed by atoms with E-state index in [9.17, 15) is 19.2 Å². The van der Waals surface area contributed by atoms with Crippen LogP contribution in [-0.2, 0) is 14.4 Å². The summed E-state index contributed by atoms with van der Waals surface area (Å²) in [6.07, 6.45) is -0.551. The number of nitrogens with one attached hydrogen (secondary N) is 2. The number of benzene rings is 2. The first-order chi connectivity index (χ1) is 14.2. The Morgan fingerprint density at radius 3 is 2.43 bits per heavy atom. The number of carbonyl (C=O) groups is 4. The topological polar surface area (TPSA) is 105 Å². The van der Waals surface area contributed by atoms with Crippen molar-refractivity contribution in [2.75, 3.05) is 22.6 Å². The highest BCUT2D eigenvalue weighted by Crippen LogP contribution is 2.34. The Balaban J connectivity index is 1.60. The van der Waals surface area contributed by atoms with Gasteiger partial charge >= 0.3 is 0 Å². The zero-order valence-electron chi connectivity index (χ0n) is 17.0. The smallest absolute Gasteiger partial charge is 0.267 e. The van der Waals surface area contributed by atoms with Crippen LogP contribution in [0.5, 0.6) is 5.75 Å². The van der Waals surface area contributed by atoms with Crippen molar-refractivity contribution in [1.29, 1.82) is 0 Å². The fraction of sp³-hybridized carbons (Fsp3) is 0.273. The van der Waals surface area contributed by atoms with Crippen molar-refractivity contribution < 1.29 is 23.9 Å². The van der Waals surface area contributed by atoms with Gasteiger partial charge in [-0.2, -0.15) is 0 Å². The summed E-state index contributed by atoms with van der Waals surface area (Å²) in [5, 5.41) is 5.36. The Labute approximate surface area is 174 Å². The Bertz CT molecular complexity index is 1020. The minimum atomic E-state index is -0.572. The van der Waals surface area contributed by atoms with Gasteiger partial charge in [-0.15, -0.1) is 0 Å². The van der Waals surface area contributed by atoms with Crippen molar-refractivity contribution in [2.45, 2.75) is 32.8 Å². The molecule has 3 amide bonds. The van der Waals surface area contributed by atoms with Gasteiger partial charge in [0, 0.05) is 43.8 Å². The van der Waals surface area contributed by atoms with Crippen LogP contribution < -0.4 is 20.3 Å². The molecule has 30 heavy (non-hydrogen) atoms. The number of carbonyl (C=O) groups excluding carboxylic acids is 4. The molecule has 8 heteroatoms. The van der Waals surface area contributed by atoms with Gasteiger partial charge in [-0.05, 0) is 43.3 Å². The van der Waals surface area contributed by atoms with Crippen molar-refractivity contribution in [3.05, 3.63) is 48.0 Å². The number of fused-ring (bicyclic) bond motifs is 1. The fourth-order valence-electron chi connectivity index (χ4n) is 3.16. The summed E-state index contributed by atoms with van der Waals surface area (Å²) in [4.78, 5) is 49.5. The van der Waals surface area contributed by atoms with Gasteiger partial charge in [0.1, 0.15) is 5.75 Å². The van der Waals surface area contributed by atoms with Crippen LogP contribution in [0.2, 0.25) is 0 Å². The number of likely N-dealkylation sites (N-methyl/N-ethyl adjacent to an activating group) is 1. The second-order valence-electron chi connectivity index (χ2n) is 7.07. The van der Waals surface area contributed by atoms with Crippen LogP contribution in [0.4, 0.5) is 17.1 Å². The van der Waals surface area contributed by atoms with E-state index in [1.54, 1.807) is 56.4 Å². The molecule has 8 nitrogen and oxygen atoms in total. The molecular weight excluding hydrogens is 386 g/mol. The second-order valence-corrected chi connectivity index (χ2v) is 7.07. The molecule has 0 spiro atoms. The van der Waals surface area contributed by atoms with Gasteiger partial charge < -0.3 is 20.3 Å². The number of hydrogen-bond acceptors (Lipinski definition) is 5. The summed E-state index contributed by atoms with van der Waals surface area (Å²) < 4.78 is 5.55. The molecule has 0 bridgehead atoms. The summed E-state index contributed by atoms with van der Waals surface area (Å²) in [7, 11) is 1.64. The molecule has 0 radical (unpaired) electrons. The maximum Gasteiger partial charge on any atom is 0.267 e. The molecule has 2 aromatic carbocycles. The van der Waals surface area contributed by atoms with E-state index in [1.165, 1.54) is 11.8 Å². The minimum absolute atomic E-state index is 0.00257. The minimum Gasteiger partial charge on any atom is -0.479 e. The van der Waals surface area contributed by atoms with E-state index in [2.05, 4.69) is 10.6 Å². The lowest BCUT2D eigenvalue weighted by atomic mass is 10.0. The van der Waals surface area contributed by atoms with E-state index in [-0.39, 0.29) is 36.3 Å². The molecular formula is C22H23N3O5. The number of nitrogens with zero attached hydrogens (tertiary/aromatic N) is 1. The lowest BCUT2D eigenvalue weighted by Crippen LogP contribution is -2.42. The number of rotatable bonds is 6. The molecule has 1 unspecified atom stereocenters. The summed E-state index contributed by atoms with van der Waals surface area (Å²) in [6.45, 7) is 3.07. The second kappa shape index (κ2) is 8.77. The number of amides is 3. The maximum absolute atomic E-state index is 12.5. The monoisotopic (exact) mass is 409 g/mol. The quantitative estimate of drug-likeness (QED) is 0.714. The highest BCUT2D eigenvalue weighted by Gasteiger charge is 2.29. The molecule has 2 N–H and O–H groups in total. The van der Waals surface area contributed by atoms with Gasteiger partial charge in [0.15, 0.2) is 11.9 Å². The number of ketones is 1. The SMILES string of the molecule is CC(=O)Nc1cccc(NC(=O)CCC(=O)c2ccc3c(c2)N(C)C(=O)C(C)O3)c1. The molecule has 0 aliphatic carbocycles. The number of Topliss-reactive ketones (excluding diaryl/α,β-unsaturated/α-hetero) is 1. The van der Waals surface area contributed by atoms with Gasteiger partial charge in [0.25, 0.3) is 5.91 Å². The first-order valence-electron chi connectivity index (χ1n) is 9.53. The number of anilines is 3. The van der Waals surface area contributed by atoms with Crippen LogP contribution >= 0.6 is 0 Å². The molecule has 1 aliphatic rings. The van der Waals surface area contributed by atoms with Crippen molar-refractivity contribution in [1.82, 2.24) is 0 Å². The highest BCUT2D eigenvalue weighted by molar-refractivity contribution is 6.04. The Hall–Kier alpha value is -3.68. The first kappa shape index (κ1) is 21.0. The van der Waals surface area contributed by atoms with Gasteiger partial charge in [-0.25, -0.2) is 0 Å². The third kappa shape index (κ3) is 4.83. The standard InChI is InChI=1S/C22H23N3O5/c1-13-22(29)25(3)18-11-15(7-9-20(18)30-13)19(27)8-10-21(28)24-17-6-4-5-16(12-17)23-14(2)26/h4-7,9,11-13H,8,10H2,1-3H3,(H,23,26)(H,24,28). The zero-order valence-corrected chi connectivity index (χ0v) is 17.0. The molecule has 2 aromatic rings. The Morgan fingerprint density at radius 1 is 1.03 bits per heavy atom. The van der Waals surface area contributed by atoms with E-state index in [1.807, 2.05) is 0 Å². The van der Waals surface area contributed by atoms with Crippen LogP contribution in [0.1, 0.15) is 37.0 Å². The predicted molar refractivity (Wildman–Crippen MR) is 113 cm³/mol. The van der Waals surface area contributed by atoms with Crippen molar-refractivity contribution in [2.24, 2.45) is 0 Å². The van der Waals surface area contributed by atoms with Gasteiger partial charge in [-0.1, -0.05) is 6.07 Å². The van der Waals surface area contributed by atoms with Crippen LogP contribution in [0, 0.1) is 0 Å². The summed E-state index contributed by atoms with van der Waals surface area (Å²) in [5.74, 6) is -0.377. The van der Waals surface area contributed by atoms with Crippen LogP contribution in [0.3, 0.4) is 0 Å². The highest BCUT2D eigenvalue weighted by atomic mass is 16.5. The molecule has 1 heterocycles. The van der Waals surface area contributed by atoms with Crippen molar-refractivity contribution in [3.63, 3.8) is 0 Å². The molecule has 0 saturated heterocycles. The summed E-state index contributed by atoms with van der Waals surface area (Å²) >= 11 is 0. The third-order valence-electron chi connectivity index (χ3n) is 4.67. The number of hydrogen-bond donors (Lipinski definition) is 2. The van der Waals surface area contributed by atoms with Crippen molar-refractivity contribution in [3.8, 4) is 5.75 Å². The Morgan fingerprint density at radius 2 is 1.73 bits per heavy atom. The van der Waals surface area contributed by atoms with Gasteiger partial charge in [-0.3, -0.25) is 19.2 Å². The molecule has 0 saturated carbocycles. The van der Waals surface area contributed by atoms with E-state index in [0.29, 0.717) is 28.4 Å². The maximum atomic E-state index is 12.5. The predicted octanol–water partition coefficient (Wildman–Crippen LogP) is 2.99. The lowest BCUT2D eigenvalue weighted by molar-refractivity contribution is -0.125.